The number of rotatable bonds is 5. The number of hydrogen-bond donors (Lipinski definition) is 0. The molecule has 2 saturated heterocycles. The van der Waals surface area contributed by atoms with Crippen LogP contribution in [-0.2, 0) is 14.8 Å². The summed E-state index contributed by atoms with van der Waals surface area (Å²) in [7, 11) is -0.141. The van der Waals surface area contributed by atoms with Crippen molar-refractivity contribution < 1.29 is 22.7 Å². The molecule has 11 heteroatoms. The van der Waals surface area contributed by atoms with Gasteiger partial charge in [0.2, 0.25) is 15.9 Å². The molecule has 1 aromatic heterocycles. The van der Waals surface area contributed by atoms with Crippen molar-refractivity contribution in [2.24, 2.45) is 0 Å². The van der Waals surface area contributed by atoms with Gasteiger partial charge in [0.15, 0.2) is 5.13 Å². The van der Waals surface area contributed by atoms with E-state index < -0.39 is 16.1 Å². The lowest BCUT2D eigenvalue weighted by Crippen LogP contribution is -2.57. The van der Waals surface area contributed by atoms with Crippen molar-refractivity contribution in [2.75, 3.05) is 58.1 Å². The number of carbonyl (C=O) groups excluding carboxylic acids is 1. The van der Waals surface area contributed by atoms with E-state index >= 15 is 0 Å². The van der Waals surface area contributed by atoms with Crippen LogP contribution < -0.4 is 14.4 Å². The molecule has 4 rings (SSSR count). The number of aromatic nitrogens is 1. The molecule has 2 fully saturated rings. The Morgan fingerprint density at radius 2 is 1.74 bits per heavy atom. The Labute approximate surface area is 186 Å². The average Bonchev–Trinajstić information content (AvgIpc) is 3.23. The number of anilines is 1. The van der Waals surface area contributed by atoms with Gasteiger partial charge in [0.05, 0.1) is 20.5 Å². The summed E-state index contributed by atoms with van der Waals surface area (Å²) in [6, 6.07) is 3.14. The van der Waals surface area contributed by atoms with E-state index in [9.17, 15) is 13.2 Å². The Kier molecular flexibility index (Phi) is 6.27. The van der Waals surface area contributed by atoms with Crippen molar-refractivity contribution in [3.63, 3.8) is 0 Å². The molecule has 0 radical (unpaired) electrons. The van der Waals surface area contributed by atoms with Crippen LogP contribution in [0.1, 0.15) is 19.3 Å². The first-order valence-electron chi connectivity index (χ1n) is 10.4. The smallest absolute Gasteiger partial charge is 0.241 e. The van der Waals surface area contributed by atoms with Gasteiger partial charge in [0, 0.05) is 32.7 Å². The molecular weight excluding hydrogens is 440 g/mol. The minimum absolute atomic E-state index is 0.0857. The van der Waals surface area contributed by atoms with Crippen molar-refractivity contribution in [1.29, 1.82) is 0 Å². The van der Waals surface area contributed by atoms with Crippen LogP contribution in [0.3, 0.4) is 0 Å². The van der Waals surface area contributed by atoms with Crippen molar-refractivity contribution in [1.82, 2.24) is 14.2 Å². The maximum atomic E-state index is 13.1. The van der Waals surface area contributed by atoms with E-state index in [-0.39, 0.29) is 5.91 Å². The Morgan fingerprint density at radius 1 is 1.06 bits per heavy atom. The number of methoxy groups -OCH3 is 2. The van der Waals surface area contributed by atoms with E-state index in [0.717, 1.165) is 33.9 Å². The van der Waals surface area contributed by atoms with Crippen LogP contribution in [0.5, 0.6) is 11.5 Å². The lowest BCUT2D eigenvalue weighted by atomic mass is 10.0. The third-order valence-electron chi connectivity index (χ3n) is 5.93. The largest absolute Gasteiger partial charge is 0.495 e. The molecule has 2 aromatic rings. The molecule has 0 bridgehead atoms. The summed E-state index contributed by atoms with van der Waals surface area (Å²) in [4.78, 5) is 21.8. The summed E-state index contributed by atoms with van der Waals surface area (Å²) in [5.41, 5.74) is 0.770. The fourth-order valence-electron chi connectivity index (χ4n) is 4.29. The summed E-state index contributed by atoms with van der Waals surface area (Å²) < 4.78 is 37.5. The van der Waals surface area contributed by atoms with Crippen LogP contribution in [0.4, 0.5) is 5.13 Å². The molecule has 0 N–H and O–H groups in total. The van der Waals surface area contributed by atoms with Gasteiger partial charge in [-0.2, -0.15) is 4.31 Å². The maximum Gasteiger partial charge on any atom is 0.241 e. The number of ether oxygens (including phenoxy) is 2. The number of amides is 1. The monoisotopic (exact) mass is 468 g/mol. The fraction of sp³-hybridized carbons (Fsp3) is 0.600. The van der Waals surface area contributed by atoms with Crippen LogP contribution in [0.25, 0.3) is 10.2 Å². The minimum Gasteiger partial charge on any atom is -0.495 e. The van der Waals surface area contributed by atoms with Gasteiger partial charge in [0.1, 0.15) is 27.8 Å². The molecule has 9 nitrogen and oxygen atoms in total. The van der Waals surface area contributed by atoms with E-state index in [0.29, 0.717) is 44.9 Å². The molecule has 3 heterocycles. The Morgan fingerprint density at radius 3 is 2.39 bits per heavy atom. The second-order valence-corrected chi connectivity index (χ2v) is 10.8. The van der Waals surface area contributed by atoms with E-state index in [1.807, 2.05) is 12.1 Å². The lowest BCUT2D eigenvalue weighted by molar-refractivity contribution is -0.136. The van der Waals surface area contributed by atoms with Gasteiger partial charge >= 0.3 is 0 Å². The second kappa shape index (κ2) is 8.79. The zero-order valence-corrected chi connectivity index (χ0v) is 19.7. The first-order chi connectivity index (χ1) is 14.8. The summed E-state index contributed by atoms with van der Waals surface area (Å²) in [6.45, 7) is 2.78. The standard InChI is InChI=1S/C20H28N4O5S2/c1-28-15-7-8-16(29-2)18-17(15)21-20(30-18)23-12-10-22(11-13-23)19(25)14-6-4-5-9-24(14)31(3,26)27/h7-8,14H,4-6,9-13H2,1-3H3. The highest BCUT2D eigenvalue weighted by Crippen LogP contribution is 2.40. The molecule has 1 amide bonds. The molecule has 2 aliphatic rings. The number of nitrogens with zero attached hydrogens (tertiary/aromatic N) is 4. The topological polar surface area (TPSA) is 92.3 Å². The van der Waals surface area contributed by atoms with Crippen LogP contribution in [0.15, 0.2) is 12.1 Å². The van der Waals surface area contributed by atoms with E-state index in [1.54, 1.807) is 30.5 Å². The van der Waals surface area contributed by atoms with Crippen molar-refractivity contribution >= 4 is 42.6 Å². The number of hydrogen-bond acceptors (Lipinski definition) is 8. The normalized spacial score (nSPS) is 20.8. The molecule has 1 unspecified atom stereocenters. The zero-order valence-electron chi connectivity index (χ0n) is 18.0. The van der Waals surface area contributed by atoms with Gasteiger partial charge in [-0.25, -0.2) is 13.4 Å². The van der Waals surface area contributed by atoms with E-state index in [2.05, 4.69) is 4.90 Å². The molecule has 0 spiro atoms. The van der Waals surface area contributed by atoms with Crippen molar-refractivity contribution in [2.45, 2.75) is 25.3 Å². The molecule has 2 aliphatic heterocycles. The van der Waals surface area contributed by atoms with Crippen LogP contribution >= 0.6 is 11.3 Å². The first kappa shape index (κ1) is 22.1. The number of piperazine rings is 1. The second-order valence-electron chi connectivity index (χ2n) is 7.84. The molecule has 170 valence electrons. The average molecular weight is 469 g/mol. The Balaban J connectivity index is 1.48. The maximum absolute atomic E-state index is 13.1. The molecule has 1 atom stereocenters. The Bertz CT molecular complexity index is 1020. The van der Waals surface area contributed by atoms with Crippen molar-refractivity contribution in [3.05, 3.63) is 12.1 Å². The number of thiazole rings is 1. The molecule has 1 aromatic carbocycles. The predicted octanol–water partition coefficient (Wildman–Crippen LogP) is 1.78. The highest BCUT2D eigenvalue weighted by molar-refractivity contribution is 7.88. The van der Waals surface area contributed by atoms with Crippen LogP contribution in [0.2, 0.25) is 0 Å². The number of sulfonamides is 1. The number of piperidine rings is 1. The fourth-order valence-corrected chi connectivity index (χ4v) is 6.53. The lowest BCUT2D eigenvalue weighted by Gasteiger charge is -2.39. The van der Waals surface area contributed by atoms with E-state index in [4.69, 9.17) is 14.5 Å². The minimum atomic E-state index is -3.40. The highest BCUT2D eigenvalue weighted by Gasteiger charge is 2.37. The van der Waals surface area contributed by atoms with Gasteiger partial charge in [-0.15, -0.1) is 0 Å². The number of benzene rings is 1. The third-order valence-corrected chi connectivity index (χ3v) is 8.35. The number of carbonyl (C=O) groups is 1. The summed E-state index contributed by atoms with van der Waals surface area (Å²) in [6.07, 6.45) is 3.45. The van der Waals surface area contributed by atoms with Gasteiger partial charge in [0.25, 0.3) is 0 Å². The van der Waals surface area contributed by atoms with E-state index in [1.165, 1.54) is 10.6 Å². The quantitative estimate of drug-likeness (QED) is 0.660. The van der Waals surface area contributed by atoms with Gasteiger partial charge in [-0.3, -0.25) is 4.79 Å². The highest BCUT2D eigenvalue weighted by atomic mass is 32.2. The van der Waals surface area contributed by atoms with Gasteiger partial charge in [-0.1, -0.05) is 17.8 Å². The van der Waals surface area contributed by atoms with Crippen LogP contribution in [-0.4, -0.2) is 87.8 Å². The molecule has 0 aliphatic carbocycles. The number of fused-ring (bicyclic) bond motifs is 1. The SMILES string of the molecule is COc1ccc(OC)c2sc(N3CCN(C(=O)C4CCCCN4S(C)(=O)=O)CC3)nc12. The molecular formula is C20H28N4O5S2. The Hall–Kier alpha value is -2.11. The van der Waals surface area contributed by atoms with Crippen molar-refractivity contribution in [3.8, 4) is 11.5 Å². The summed E-state index contributed by atoms with van der Waals surface area (Å²) in [5, 5.41) is 0.861. The van der Waals surface area contributed by atoms with Gasteiger partial charge in [-0.05, 0) is 25.0 Å². The molecule has 0 saturated carbocycles. The van der Waals surface area contributed by atoms with Gasteiger partial charge < -0.3 is 19.3 Å². The van der Waals surface area contributed by atoms with Crippen LogP contribution in [0, 0.1) is 0 Å². The molecule has 31 heavy (non-hydrogen) atoms. The summed E-state index contributed by atoms with van der Waals surface area (Å²) >= 11 is 1.54. The summed E-state index contributed by atoms with van der Waals surface area (Å²) in [5.74, 6) is 1.37. The third kappa shape index (κ3) is 4.31. The first-order valence-corrected chi connectivity index (χ1v) is 13.0. The predicted molar refractivity (Wildman–Crippen MR) is 121 cm³/mol. The zero-order chi connectivity index (χ0) is 22.2.